The van der Waals surface area contributed by atoms with E-state index in [2.05, 4.69) is 5.10 Å². The molecule has 0 aliphatic rings. The fourth-order valence-corrected chi connectivity index (χ4v) is 2.33. The Morgan fingerprint density at radius 2 is 2.21 bits per heavy atom. The zero-order valence-corrected chi connectivity index (χ0v) is 11.1. The van der Waals surface area contributed by atoms with Gasteiger partial charge >= 0.3 is 0 Å². The van der Waals surface area contributed by atoms with Gasteiger partial charge < -0.3 is 0 Å². The molecule has 0 fully saturated rings. The predicted molar refractivity (Wildman–Crippen MR) is 71.2 cm³/mol. The summed E-state index contributed by atoms with van der Waals surface area (Å²) >= 11 is 1.04. The van der Waals surface area contributed by atoms with Crippen molar-refractivity contribution in [3.63, 3.8) is 0 Å². The number of nitrogens with zero attached hydrogens (tertiary/aromatic N) is 4. The molecule has 0 saturated heterocycles. The van der Waals surface area contributed by atoms with Crippen LogP contribution in [0, 0.1) is 34.6 Å². The number of aromatic nitrogens is 2. The molecular formula is C12H10N4O2S. The fourth-order valence-electron chi connectivity index (χ4n) is 1.81. The van der Waals surface area contributed by atoms with Gasteiger partial charge in [-0.2, -0.15) is 10.4 Å². The summed E-state index contributed by atoms with van der Waals surface area (Å²) in [5, 5.41) is 25.9. The molecule has 0 bridgehead atoms. The van der Waals surface area contributed by atoms with Crippen LogP contribution in [0.15, 0.2) is 29.2 Å². The molecule has 0 radical (unpaired) electrons. The van der Waals surface area contributed by atoms with Crippen molar-refractivity contribution in [3.8, 4) is 11.1 Å². The molecule has 0 aliphatic carbocycles. The Morgan fingerprint density at radius 3 is 2.84 bits per heavy atom. The zero-order chi connectivity index (χ0) is 14.0. The minimum atomic E-state index is -0.444. The van der Waals surface area contributed by atoms with Crippen LogP contribution >= 0.6 is 11.8 Å². The first kappa shape index (κ1) is 13.1. The summed E-state index contributed by atoms with van der Waals surface area (Å²) in [5.41, 5.74) is 2.15. The maximum Gasteiger partial charge on any atom is 0.271 e. The Labute approximate surface area is 113 Å². The van der Waals surface area contributed by atoms with Gasteiger partial charge in [0.25, 0.3) is 5.69 Å². The molecule has 2 rings (SSSR count). The van der Waals surface area contributed by atoms with Gasteiger partial charge in [-0.25, -0.2) is 4.68 Å². The van der Waals surface area contributed by atoms with E-state index in [1.54, 1.807) is 23.7 Å². The molecule has 96 valence electrons. The monoisotopic (exact) mass is 274 g/mol. The third kappa shape index (κ3) is 2.44. The Morgan fingerprint density at radius 1 is 1.47 bits per heavy atom. The topological polar surface area (TPSA) is 84.8 Å². The largest absolute Gasteiger partial charge is 0.271 e. The lowest BCUT2D eigenvalue weighted by Gasteiger charge is -2.04. The minimum Gasteiger partial charge on any atom is -0.258 e. The number of nitro benzene ring substituents is 1. The van der Waals surface area contributed by atoms with Gasteiger partial charge in [0, 0.05) is 12.1 Å². The van der Waals surface area contributed by atoms with Gasteiger partial charge in [-0.1, -0.05) is 6.07 Å². The summed E-state index contributed by atoms with van der Waals surface area (Å²) in [7, 11) is 0. The number of hydrogen-bond acceptors (Lipinski definition) is 5. The van der Waals surface area contributed by atoms with Crippen molar-refractivity contribution in [2.75, 3.05) is 0 Å². The summed E-state index contributed by atoms with van der Waals surface area (Å²) in [5.74, 6) is 0. The molecule has 6 nitrogen and oxygen atoms in total. The average Bonchev–Trinajstić information content (AvgIpc) is 2.67. The van der Waals surface area contributed by atoms with Gasteiger partial charge in [-0.15, -0.1) is 0 Å². The molecular weight excluding hydrogens is 264 g/mol. The normalized spacial score (nSPS) is 10.2. The van der Waals surface area contributed by atoms with E-state index in [1.807, 2.05) is 12.3 Å². The van der Waals surface area contributed by atoms with Crippen molar-refractivity contribution in [2.45, 2.75) is 18.7 Å². The van der Waals surface area contributed by atoms with Gasteiger partial charge in [-0.05, 0) is 31.7 Å². The Bertz CT molecular complexity index is 688. The molecule has 2 aromatic rings. The smallest absolute Gasteiger partial charge is 0.258 e. The quantitative estimate of drug-likeness (QED) is 0.372. The van der Waals surface area contributed by atoms with Crippen LogP contribution in [0.25, 0.3) is 5.69 Å². The van der Waals surface area contributed by atoms with E-state index in [4.69, 9.17) is 5.26 Å². The molecule has 0 N–H and O–H groups in total. The second-order valence-electron chi connectivity index (χ2n) is 3.88. The second-order valence-corrected chi connectivity index (χ2v) is 4.68. The van der Waals surface area contributed by atoms with Gasteiger partial charge in [0.05, 0.1) is 26.9 Å². The first-order valence-electron chi connectivity index (χ1n) is 5.41. The van der Waals surface area contributed by atoms with Crippen LogP contribution in [-0.4, -0.2) is 14.7 Å². The maximum atomic E-state index is 10.8. The third-order valence-corrected chi connectivity index (χ3v) is 3.54. The highest BCUT2D eigenvalue weighted by Gasteiger charge is 2.15. The van der Waals surface area contributed by atoms with Crippen molar-refractivity contribution in [1.82, 2.24) is 9.78 Å². The third-order valence-electron chi connectivity index (χ3n) is 2.66. The molecule has 0 amide bonds. The van der Waals surface area contributed by atoms with Crippen molar-refractivity contribution in [1.29, 1.82) is 5.26 Å². The van der Waals surface area contributed by atoms with Crippen molar-refractivity contribution in [3.05, 3.63) is 45.8 Å². The molecule has 0 saturated carbocycles. The van der Waals surface area contributed by atoms with E-state index in [0.717, 1.165) is 28.0 Å². The van der Waals surface area contributed by atoms with E-state index in [1.165, 1.54) is 12.1 Å². The lowest BCUT2D eigenvalue weighted by Crippen LogP contribution is -2.00. The van der Waals surface area contributed by atoms with Gasteiger partial charge in [0.1, 0.15) is 5.40 Å². The standard InChI is InChI=1S/C12H10N4O2S/c1-8-12(19-7-13)9(2)15(14-8)10-4-3-5-11(6-10)16(17)18/h3-6H,1-2H3. The SMILES string of the molecule is Cc1nn(-c2cccc([N+](=O)[O-])c2)c(C)c1SC#N. The summed E-state index contributed by atoms with van der Waals surface area (Å²) in [6, 6.07) is 6.24. The number of nitro groups is 1. The molecule has 7 heteroatoms. The summed E-state index contributed by atoms with van der Waals surface area (Å²) in [6.07, 6.45) is 0. The Balaban J connectivity index is 2.54. The summed E-state index contributed by atoms with van der Waals surface area (Å²) < 4.78 is 1.61. The number of thioether (sulfide) groups is 1. The van der Waals surface area contributed by atoms with Gasteiger partial charge in [-0.3, -0.25) is 10.1 Å². The maximum absolute atomic E-state index is 10.8. The highest BCUT2D eigenvalue weighted by Crippen LogP contribution is 2.27. The number of hydrogen-bond donors (Lipinski definition) is 0. The number of aryl methyl sites for hydroxylation is 1. The molecule has 0 spiro atoms. The lowest BCUT2D eigenvalue weighted by atomic mass is 10.3. The van der Waals surface area contributed by atoms with Crippen LogP contribution in [0.5, 0.6) is 0 Å². The minimum absolute atomic E-state index is 0.0135. The summed E-state index contributed by atoms with van der Waals surface area (Å²) in [6.45, 7) is 3.64. The molecule has 19 heavy (non-hydrogen) atoms. The number of rotatable bonds is 3. The molecule has 1 aromatic carbocycles. The van der Waals surface area contributed by atoms with E-state index < -0.39 is 4.92 Å². The van der Waals surface area contributed by atoms with Gasteiger partial charge in [0.15, 0.2) is 0 Å². The van der Waals surface area contributed by atoms with Crippen LogP contribution < -0.4 is 0 Å². The molecule has 1 heterocycles. The molecule has 1 aromatic heterocycles. The van der Waals surface area contributed by atoms with E-state index >= 15 is 0 Å². The number of benzene rings is 1. The van der Waals surface area contributed by atoms with Crippen LogP contribution in [0.2, 0.25) is 0 Å². The van der Waals surface area contributed by atoms with Gasteiger partial charge in [0.2, 0.25) is 0 Å². The van der Waals surface area contributed by atoms with Crippen LogP contribution in [-0.2, 0) is 0 Å². The fraction of sp³-hybridized carbons (Fsp3) is 0.167. The predicted octanol–water partition coefficient (Wildman–Crippen LogP) is 2.97. The first-order valence-corrected chi connectivity index (χ1v) is 6.23. The highest BCUT2D eigenvalue weighted by atomic mass is 32.2. The Kier molecular flexibility index (Phi) is 3.53. The zero-order valence-electron chi connectivity index (χ0n) is 10.3. The first-order chi connectivity index (χ1) is 9.04. The van der Waals surface area contributed by atoms with Crippen LogP contribution in [0.3, 0.4) is 0 Å². The molecule has 0 unspecified atom stereocenters. The Hall–Kier alpha value is -2.33. The van der Waals surface area contributed by atoms with Crippen LogP contribution in [0.1, 0.15) is 11.4 Å². The van der Waals surface area contributed by atoms with Crippen molar-refractivity contribution in [2.24, 2.45) is 0 Å². The highest BCUT2D eigenvalue weighted by molar-refractivity contribution is 8.03. The lowest BCUT2D eigenvalue weighted by molar-refractivity contribution is -0.384. The van der Waals surface area contributed by atoms with Crippen LogP contribution in [0.4, 0.5) is 5.69 Å². The summed E-state index contributed by atoms with van der Waals surface area (Å²) in [4.78, 5) is 11.1. The number of thiocyanates is 1. The second kappa shape index (κ2) is 5.12. The van der Waals surface area contributed by atoms with Crippen molar-refractivity contribution >= 4 is 17.4 Å². The number of non-ortho nitro benzene ring substituents is 1. The van der Waals surface area contributed by atoms with Crippen molar-refractivity contribution < 1.29 is 4.92 Å². The van der Waals surface area contributed by atoms with E-state index in [0.29, 0.717) is 5.69 Å². The average molecular weight is 274 g/mol. The molecule has 0 atom stereocenters. The van der Waals surface area contributed by atoms with E-state index in [-0.39, 0.29) is 5.69 Å². The van der Waals surface area contributed by atoms with E-state index in [9.17, 15) is 10.1 Å². The molecule has 0 aliphatic heterocycles. The number of nitriles is 1.